The molecule has 32 heavy (non-hydrogen) atoms. The second kappa shape index (κ2) is 7.97. The topological polar surface area (TPSA) is 83.2 Å². The van der Waals surface area contributed by atoms with Crippen LogP contribution >= 0.6 is 0 Å². The van der Waals surface area contributed by atoms with Gasteiger partial charge in [-0.15, -0.1) is 13.2 Å². The van der Waals surface area contributed by atoms with Crippen molar-refractivity contribution in [2.75, 3.05) is 6.61 Å². The number of imidazole rings is 1. The Morgan fingerprint density at radius 1 is 1.25 bits per heavy atom. The van der Waals surface area contributed by atoms with E-state index in [2.05, 4.69) is 20.1 Å². The molecule has 0 bridgehead atoms. The number of amides is 1. The minimum atomic E-state index is -4.78. The molecule has 0 fully saturated rings. The molecule has 1 unspecified atom stereocenters. The van der Waals surface area contributed by atoms with Crippen molar-refractivity contribution in [1.29, 1.82) is 0 Å². The first-order chi connectivity index (χ1) is 15.4. The average molecular weight is 447 g/mol. The van der Waals surface area contributed by atoms with Crippen LogP contribution in [0.5, 0.6) is 5.75 Å². The van der Waals surface area contributed by atoms with E-state index in [1.165, 1.54) is 22.9 Å². The number of alkyl halides is 3. The molecule has 11 heteroatoms. The smallest absolute Gasteiger partial charge is 0.406 e. The van der Waals surface area contributed by atoms with Gasteiger partial charge in [0.2, 0.25) is 0 Å². The Labute approximate surface area is 180 Å². The summed E-state index contributed by atoms with van der Waals surface area (Å²) in [4.78, 5) is 17.2. The molecular formula is C21H20F3N5O3. The third-order valence-corrected chi connectivity index (χ3v) is 5.62. The molecule has 0 radical (unpaired) electrons. The number of ether oxygens (including phenoxy) is 2. The number of fused-ring (bicyclic) bond motifs is 2. The molecule has 0 spiro atoms. The predicted octanol–water partition coefficient (Wildman–Crippen LogP) is 3.31. The maximum atomic E-state index is 12.9. The Hall–Kier alpha value is -3.34. The molecule has 4 heterocycles. The maximum absolute atomic E-state index is 12.9. The number of benzene rings is 1. The van der Waals surface area contributed by atoms with Gasteiger partial charge >= 0.3 is 6.36 Å². The van der Waals surface area contributed by atoms with Crippen LogP contribution in [0.3, 0.4) is 0 Å². The first-order valence-corrected chi connectivity index (χ1v) is 10.2. The van der Waals surface area contributed by atoms with E-state index in [9.17, 15) is 18.0 Å². The quantitative estimate of drug-likeness (QED) is 0.664. The lowest BCUT2D eigenvalue weighted by atomic mass is 10.0. The minimum Gasteiger partial charge on any atom is -0.406 e. The Kier molecular flexibility index (Phi) is 5.12. The van der Waals surface area contributed by atoms with Crippen molar-refractivity contribution in [3.05, 3.63) is 59.4 Å². The molecule has 1 aromatic carbocycles. The Bertz CT molecular complexity index is 1150. The largest absolute Gasteiger partial charge is 0.573 e. The maximum Gasteiger partial charge on any atom is 0.573 e. The van der Waals surface area contributed by atoms with Crippen molar-refractivity contribution in [2.24, 2.45) is 0 Å². The van der Waals surface area contributed by atoms with Crippen LogP contribution in [-0.2, 0) is 24.3 Å². The molecule has 0 saturated heterocycles. The summed E-state index contributed by atoms with van der Waals surface area (Å²) in [6, 6.07) is 5.10. The number of rotatable bonds is 4. The third kappa shape index (κ3) is 3.95. The third-order valence-electron chi connectivity index (χ3n) is 5.62. The second-order valence-corrected chi connectivity index (χ2v) is 7.74. The normalized spacial score (nSPS) is 18.0. The van der Waals surface area contributed by atoms with Crippen LogP contribution in [-0.4, -0.2) is 38.2 Å². The van der Waals surface area contributed by atoms with Crippen LogP contribution in [0.1, 0.15) is 46.3 Å². The van der Waals surface area contributed by atoms with Gasteiger partial charge in [0.1, 0.15) is 11.4 Å². The molecule has 2 aliphatic heterocycles. The SMILES string of the molecule is O=C(NC1COCc2c1cnn2-c1cccc(OC(F)(F)F)c1)c1ncn2c1CCCC2. The fourth-order valence-corrected chi connectivity index (χ4v) is 4.19. The highest BCUT2D eigenvalue weighted by Gasteiger charge is 2.32. The molecule has 1 amide bonds. The predicted molar refractivity (Wildman–Crippen MR) is 105 cm³/mol. The molecule has 5 rings (SSSR count). The van der Waals surface area contributed by atoms with Crippen LogP contribution in [0, 0.1) is 0 Å². The number of aromatic nitrogens is 4. The number of aryl methyl sites for hydroxylation is 1. The van der Waals surface area contributed by atoms with Crippen LogP contribution in [0.2, 0.25) is 0 Å². The lowest BCUT2D eigenvalue weighted by Gasteiger charge is -2.24. The summed E-state index contributed by atoms with van der Waals surface area (Å²) < 4.78 is 50.9. The molecule has 168 valence electrons. The highest BCUT2D eigenvalue weighted by atomic mass is 19.4. The zero-order valence-corrected chi connectivity index (χ0v) is 16.9. The molecule has 0 saturated carbocycles. The fourth-order valence-electron chi connectivity index (χ4n) is 4.19. The standard InChI is InChI=1S/C21H20F3N5O3/c22-21(23,24)32-14-5-3-4-13(8-14)29-18-11-31-10-16(15(18)9-26-29)27-20(30)19-17-6-1-2-7-28(17)12-25-19/h3-5,8-9,12,16H,1-2,6-7,10-11H2,(H,27,30). The van der Waals surface area contributed by atoms with E-state index in [0.29, 0.717) is 17.1 Å². The van der Waals surface area contributed by atoms with E-state index < -0.39 is 12.4 Å². The summed E-state index contributed by atoms with van der Waals surface area (Å²) in [5, 5.41) is 7.29. The molecular weight excluding hydrogens is 427 g/mol. The fraction of sp³-hybridized carbons (Fsp3) is 0.381. The summed E-state index contributed by atoms with van der Waals surface area (Å²) in [5.74, 6) is -0.624. The summed E-state index contributed by atoms with van der Waals surface area (Å²) in [6.45, 7) is 1.33. The summed E-state index contributed by atoms with van der Waals surface area (Å²) in [6.07, 6.45) is 1.41. The van der Waals surface area contributed by atoms with Gasteiger partial charge in [0.15, 0.2) is 0 Å². The number of carbonyl (C=O) groups is 1. The zero-order valence-electron chi connectivity index (χ0n) is 16.9. The van der Waals surface area contributed by atoms with Gasteiger partial charge in [-0.3, -0.25) is 4.79 Å². The average Bonchev–Trinajstić information content (AvgIpc) is 3.38. The van der Waals surface area contributed by atoms with Gasteiger partial charge in [-0.25, -0.2) is 9.67 Å². The first kappa shape index (κ1) is 20.6. The van der Waals surface area contributed by atoms with E-state index in [0.717, 1.165) is 37.1 Å². The van der Waals surface area contributed by atoms with E-state index in [1.54, 1.807) is 18.6 Å². The van der Waals surface area contributed by atoms with E-state index in [-0.39, 0.29) is 24.9 Å². The summed E-state index contributed by atoms with van der Waals surface area (Å²) >= 11 is 0. The van der Waals surface area contributed by atoms with Gasteiger partial charge in [0, 0.05) is 18.2 Å². The highest BCUT2D eigenvalue weighted by molar-refractivity contribution is 5.93. The number of nitrogens with one attached hydrogen (secondary N) is 1. The number of hydrogen-bond donors (Lipinski definition) is 1. The van der Waals surface area contributed by atoms with E-state index in [4.69, 9.17) is 4.74 Å². The van der Waals surface area contributed by atoms with E-state index >= 15 is 0 Å². The highest BCUT2D eigenvalue weighted by Crippen LogP contribution is 2.30. The molecule has 3 aromatic rings. The Balaban J connectivity index is 1.39. The van der Waals surface area contributed by atoms with Gasteiger partial charge in [-0.1, -0.05) is 6.07 Å². The van der Waals surface area contributed by atoms with Crippen LogP contribution in [0.4, 0.5) is 13.2 Å². The summed E-state index contributed by atoms with van der Waals surface area (Å²) in [7, 11) is 0. The van der Waals surface area contributed by atoms with Crippen molar-refractivity contribution >= 4 is 5.91 Å². The second-order valence-electron chi connectivity index (χ2n) is 7.74. The van der Waals surface area contributed by atoms with Gasteiger partial charge in [0.05, 0.1) is 48.9 Å². The number of carbonyl (C=O) groups excluding carboxylic acids is 1. The van der Waals surface area contributed by atoms with Crippen LogP contribution in [0.25, 0.3) is 5.69 Å². The molecule has 1 N–H and O–H groups in total. The monoisotopic (exact) mass is 447 g/mol. The van der Waals surface area contributed by atoms with Crippen LogP contribution < -0.4 is 10.1 Å². The lowest BCUT2D eigenvalue weighted by Crippen LogP contribution is -2.35. The van der Waals surface area contributed by atoms with Crippen LogP contribution in [0.15, 0.2) is 36.8 Å². The number of hydrogen-bond acceptors (Lipinski definition) is 5. The summed E-state index contributed by atoms with van der Waals surface area (Å²) in [5.41, 5.74) is 3.15. The van der Waals surface area contributed by atoms with Crippen molar-refractivity contribution in [3.63, 3.8) is 0 Å². The molecule has 2 aliphatic rings. The molecule has 0 aliphatic carbocycles. The Morgan fingerprint density at radius 2 is 2.12 bits per heavy atom. The zero-order chi connectivity index (χ0) is 22.3. The van der Waals surface area contributed by atoms with Crippen molar-refractivity contribution in [3.8, 4) is 11.4 Å². The molecule has 8 nitrogen and oxygen atoms in total. The molecule has 2 aromatic heterocycles. The number of halogens is 3. The molecule has 1 atom stereocenters. The van der Waals surface area contributed by atoms with Crippen molar-refractivity contribution in [1.82, 2.24) is 24.6 Å². The van der Waals surface area contributed by atoms with Gasteiger partial charge in [-0.05, 0) is 31.4 Å². The van der Waals surface area contributed by atoms with E-state index in [1.807, 2.05) is 4.57 Å². The number of nitrogens with zero attached hydrogens (tertiary/aromatic N) is 4. The lowest BCUT2D eigenvalue weighted by molar-refractivity contribution is -0.274. The van der Waals surface area contributed by atoms with Gasteiger partial charge in [-0.2, -0.15) is 5.10 Å². The van der Waals surface area contributed by atoms with Gasteiger partial charge < -0.3 is 19.4 Å². The van der Waals surface area contributed by atoms with Gasteiger partial charge in [0.25, 0.3) is 5.91 Å². The first-order valence-electron chi connectivity index (χ1n) is 10.2. The Morgan fingerprint density at radius 3 is 2.97 bits per heavy atom. The minimum absolute atomic E-state index is 0.214. The van der Waals surface area contributed by atoms with Crippen molar-refractivity contribution in [2.45, 2.75) is 44.8 Å². The van der Waals surface area contributed by atoms with Crippen molar-refractivity contribution < 1.29 is 27.4 Å².